The van der Waals surface area contributed by atoms with E-state index in [2.05, 4.69) is 6.92 Å². The van der Waals surface area contributed by atoms with E-state index in [0.29, 0.717) is 18.5 Å². The lowest BCUT2D eigenvalue weighted by Crippen LogP contribution is -2.50. The first-order valence-corrected chi connectivity index (χ1v) is 6.43. The number of hydrogen-bond donors (Lipinski definition) is 0. The predicted octanol–water partition coefficient (Wildman–Crippen LogP) is 3.04. The number of nitrogens with zero attached hydrogens (tertiary/aromatic N) is 1. The van der Waals surface area contributed by atoms with Gasteiger partial charge in [0.25, 0.3) is 0 Å². The Hall–Kier alpha value is -0.240. The van der Waals surface area contributed by atoms with Crippen molar-refractivity contribution in [3.63, 3.8) is 0 Å². The normalized spacial score (nSPS) is 17.3. The Bertz CT molecular complexity index is 224. The molecule has 1 fully saturated rings. The van der Waals surface area contributed by atoms with E-state index in [4.69, 9.17) is 11.6 Å². The van der Waals surface area contributed by atoms with Crippen molar-refractivity contribution in [3.05, 3.63) is 0 Å². The lowest BCUT2D eigenvalue weighted by Gasteiger charge is -2.41. The fourth-order valence-corrected chi connectivity index (χ4v) is 1.96. The second-order valence-electron chi connectivity index (χ2n) is 5.01. The highest BCUT2D eigenvalue weighted by atomic mass is 35.5. The van der Waals surface area contributed by atoms with Crippen LogP contribution < -0.4 is 0 Å². The van der Waals surface area contributed by atoms with Crippen LogP contribution in [0.3, 0.4) is 0 Å². The molecule has 1 aliphatic rings. The maximum atomic E-state index is 12.3. The summed E-state index contributed by atoms with van der Waals surface area (Å²) < 4.78 is 0. The highest BCUT2D eigenvalue weighted by molar-refractivity contribution is 6.18. The topological polar surface area (TPSA) is 20.3 Å². The Balaban J connectivity index is 2.66. The Morgan fingerprint density at radius 3 is 2.40 bits per heavy atom. The largest absolute Gasteiger partial charge is 0.338 e. The first kappa shape index (κ1) is 12.8. The highest BCUT2D eigenvalue weighted by Crippen LogP contribution is 2.30. The minimum absolute atomic E-state index is 0.234. The molecule has 0 unspecified atom stereocenters. The summed E-state index contributed by atoms with van der Waals surface area (Å²) in [7, 11) is 0. The van der Waals surface area contributed by atoms with Crippen LogP contribution in [0.25, 0.3) is 0 Å². The van der Waals surface area contributed by atoms with Gasteiger partial charge in [-0.15, -0.1) is 11.6 Å². The van der Waals surface area contributed by atoms with E-state index in [-0.39, 0.29) is 11.3 Å². The number of carbonyl (C=O) groups excluding carboxylic acids is 1. The van der Waals surface area contributed by atoms with Crippen LogP contribution in [0, 0.1) is 5.41 Å². The molecule has 0 heterocycles. The first-order valence-electron chi connectivity index (χ1n) is 5.90. The van der Waals surface area contributed by atoms with Gasteiger partial charge in [-0.3, -0.25) is 4.79 Å². The molecule has 3 heteroatoms. The third-order valence-electron chi connectivity index (χ3n) is 3.56. The van der Waals surface area contributed by atoms with Crippen LogP contribution >= 0.6 is 11.6 Å². The Morgan fingerprint density at radius 1 is 1.47 bits per heavy atom. The van der Waals surface area contributed by atoms with Gasteiger partial charge in [0.2, 0.25) is 5.91 Å². The Kier molecular flexibility index (Phi) is 4.45. The lowest BCUT2D eigenvalue weighted by atomic mass is 9.85. The number of rotatable bonds is 5. The third kappa shape index (κ3) is 2.87. The monoisotopic (exact) mass is 231 g/mol. The first-order chi connectivity index (χ1) is 7.03. The van der Waals surface area contributed by atoms with E-state index in [0.717, 1.165) is 19.3 Å². The molecule has 0 saturated heterocycles. The van der Waals surface area contributed by atoms with E-state index in [9.17, 15) is 4.79 Å². The molecular weight excluding hydrogens is 210 g/mol. The standard InChI is InChI=1S/C12H22ClNO/c1-4-12(2,3)11(15)14(9-8-13)10-6-5-7-10/h10H,4-9H2,1-3H3. The van der Waals surface area contributed by atoms with Crippen molar-refractivity contribution in [2.24, 2.45) is 5.41 Å². The number of halogens is 1. The molecule has 0 N–H and O–H groups in total. The molecule has 0 aromatic carbocycles. The predicted molar refractivity (Wildman–Crippen MR) is 64.1 cm³/mol. The third-order valence-corrected chi connectivity index (χ3v) is 3.73. The van der Waals surface area contributed by atoms with Crippen molar-refractivity contribution in [3.8, 4) is 0 Å². The zero-order chi connectivity index (χ0) is 11.5. The second-order valence-corrected chi connectivity index (χ2v) is 5.39. The molecule has 1 aliphatic carbocycles. The molecule has 0 atom stereocenters. The smallest absolute Gasteiger partial charge is 0.228 e. The zero-order valence-corrected chi connectivity index (χ0v) is 10.8. The van der Waals surface area contributed by atoms with Crippen LogP contribution in [-0.4, -0.2) is 29.3 Å². The summed E-state index contributed by atoms with van der Waals surface area (Å²) >= 11 is 5.76. The molecule has 1 rings (SSSR count). The van der Waals surface area contributed by atoms with Crippen LogP contribution in [0.4, 0.5) is 0 Å². The highest BCUT2D eigenvalue weighted by Gasteiger charge is 2.35. The van der Waals surface area contributed by atoms with Crippen LogP contribution in [0.1, 0.15) is 46.5 Å². The Morgan fingerprint density at radius 2 is 2.07 bits per heavy atom. The number of carbonyl (C=O) groups is 1. The number of alkyl halides is 1. The summed E-state index contributed by atoms with van der Waals surface area (Å²) in [6.45, 7) is 6.82. The SMILES string of the molecule is CCC(C)(C)C(=O)N(CCCl)C1CCC1. The van der Waals surface area contributed by atoms with Gasteiger partial charge in [0.05, 0.1) is 0 Å². The minimum Gasteiger partial charge on any atom is -0.338 e. The Labute approximate surface area is 98.0 Å². The maximum absolute atomic E-state index is 12.3. The number of hydrogen-bond acceptors (Lipinski definition) is 1. The van der Waals surface area contributed by atoms with E-state index in [1.165, 1.54) is 6.42 Å². The summed E-state index contributed by atoms with van der Waals surface area (Å²) in [6.07, 6.45) is 4.45. The molecule has 1 saturated carbocycles. The summed E-state index contributed by atoms with van der Waals surface area (Å²) in [5, 5.41) is 0. The van der Waals surface area contributed by atoms with E-state index in [1.54, 1.807) is 0 Å². The number of amides is 1. The molecule has 88 valence electrons. The van der Waals surface area contributed by atoms with Crippen LogP contribution in [0.5, 0.6) is 0 Å². The van der Waals surface area contributed by atoms with Crippen molar-refractivity contribution in [1.29, 1.82) is 0 Å². The average molecular weight is 232 g/mol. The molecule has 0 aromatic heterocycles. The molecule has 0 bridgehead atoms. The fourth-order valence-electron chi connectivity index (χ4n) is 1.78. The summed E-state index contributed by atoms with van der Waals surface area (Å²) in [5.41, 5.74) is -0.234. The van der Waals surface area contributed by atoms with Crippen molar-refractivity contribution in [1.82, 2.24) is 4.90 Å². The molecule has 0 radical (unpaired) electrons. The van der Waals surface area contributed by atoms with Gasteiger partial charge in [-0.2, -0.15) is 0 Å². The quantitative estimate of drug-likeness (QED) is 0.666. The lowest BCUT2D eigenvalue weighted by molar-refractivity contribution is -0.144. The van der Waals surface area contributed by atoms with Crippen molar-refractivity contribution in [2.45, 2.75) is 52.5 Å². The van der Waals surface area contributed by atoms with Gasteiger partial charge in [-0.05, 0) is 25.7 Å². The van der Waals surface area contributed by atoms with E-state index >= 15 is 0 Å². The molecule has 2 nitrogen and oxygen atoms in total. The van der Waals surface area contributed by atoms with Crippen molar-refractivity contribution < 1.29 is 4.79 Å². The molecule has 0 aromatic rings. The van der Waals surface area contributed by atoms with Crippen LogP contribution in [0.2, 0.25) is 0 Å². The summed E-state index contributed by atoms with van der Waals surface area (Å²) in [6, 6.07) is 0.460. The van der Waals surface area contributed by atoms with Crippen LogP contribution in [-0.2, 0) is 4.79 Å². The van der Waals surface area contributed by atoms with Crippen molar-refractivity contribution >= 4 is 17.5 Å². The fraction of sp³-hybridized carbons (Fsp3) is 0.917. The minimum atomic E-state index is -0.234. The molecule has 15 heavy (non-hydrogen) atoms. The van der Waals surface area contributed by atoms with E-state index in [1.807, 2.05) is 18.7 Å². The van der Waals surface area contributed by atoms with Gasteiger partial charge in [0.15, 0.2) is 0 Å². The van der Waals surface area contributed by atoms with Crippen molar-refractivity contribution in [2.75, 3.05) is 12.4 Å². The van der Waals surface area contributed by atoms with Gasteiger partial charge in [-0.25, -0.2) is 0 Å². The summed E-state index contributed by atoms with van der Waals surface area (Å²) in [4.78, 5) is 14.3. The molecule has 0 spiro atoms. The molecular formula is C12H22ClNO. The maximum Gasteiger partial charge on any atom is 0.228 e. The zero-order valence-electron chi connectivity index (χ0n) is 10.1. The van der Waals surface area contributed by atoms with Gasteiger partial charge in [-0.1, -0.05) is 20.8 Å². The van der Waals surface area contributed by atoms with Gasteiger partial charge in [0, 0.05) is 23.9 Å². The van der Waals surface area contributed by atoms with E-state index < -0.39 is 0 Å². The van der Waals surface area contributed by atoms with Gasteiger partial charge >= 0.3 is 0 Å². The van der Waals surface area contributed by atoms with Gasteiger partial charge < -0.3 is 4.90 Å². The molecule has 1 amide bonds. The van der Waals surface area contributed by atoms with Crippen LogP contribution in [0.15, 0.2) is 0 Å². The van der Waals surface area contributed by atoms with Gasteiger partial charge in [0.1, 0.15) is 0 Å². The molecule has 0 aliphatic heterocycles. The summed E-state index contributed by atoms with van der Waals surface area (Å²) in [5.74, 6) is 0.817. The second kappa shape index (κ2) is 5.20. The average Bonchev–Trinajstić information content (AvgIpc) is 2.13.